The van der Waals surface area contributed by atoms with Crippen molar-refractivity contribution in [1.82, 2.24) is 0 Å². The van der Waals surface area contributed by atoms with Gasteiger partial charge >= 0.3 is 5.97 Å². The second kappa shape index (κ2) is 4.63. The van der Waals surface area contributed by atoms with Gasteiger partial charge in [-0.25, -0.2) is 0 Å². The zero-order chi connectivity index (χ0) is 9.84. The average Bonchev–Trinajstić information content (AvgIpc) is 2.06. The van der Waals surface area contributed by atoms with Gasteiger partial charge in [-0.3, -0.25) is 4.79 Å². The van der Waals surface area contributed by atoms with Crippen molar-refractivity contribution in [3.8, 4) is 0 Å². The molecule has 1 aromatic rings. The molecule has 0 saturated heterocycles. The summed E-state index contributed by atoms with van der Waals surface area (Å²) < 4.78 is 5.74. The van der Waals surface area contributed by atoms with Gasteiger partial charge < -0.3 is 4.74 Å². The Kier molecular flexibility index (Phi) is 3.75. The number of halogens is 2. The summed E-state index contributed by atoms with van der Waals surface area (Å²) in [5, 5.41) is 0.601. The maximum Gasteiger partial charge on any atom is 0.302 e. The summed E-state index contributed by atoms with van der Waals surface area (Å²) in [6.07, 6.45) is 0. The second-order valence-corrected chi connectivity index (χ2v) is 3.84. The van der Waals surface area contributed by atoms with Crippen molar-refractivity contribution in [3.05, 3.63) is 33.3 Å². The average molecular weight is 264 g/mol. The number of hydrogen-bond donors (Lipinski definition) is 0. The maximum atomic E-state index is 10.5. The molecule has 0 fully saturated rings. The van der Waals surface area contributed by atoms with Crippen LogP contribution in [-0.4, -0.2) is 5.97 Å². The van der Waals surface area contributed by atoms with Gasteiger partial charge in [0.2, 0.25) is 0 Å². The first-order valence-corrected chi connectivity index (χ1v) is 4.84. The van der Waals surface area contributed by atoms with Gasteiger partial charge in [0.15, 0.2) is 0 Å². The molecule has 0 unspecified atom stereocenters. The van der Waals surface area contributed by atoms with E-state index in [1.165, 1.54) is 6.92 Å². The van der Waals surface area contributed by atoms with Crippen molar-refractivity contribution in [2.75, 3.05) is 0 Å². The number of hydrogen-bond acceptors (Lipinski definition) is 2. The molecule has 0 aliphatic carbocycles. The predicted molar refractivity (Wildman–Crippen MR) is 54.6 cm³/mol. The highest BCUT2D eigenvalue weighted by Crippen LogP contribution is 2.21. The van der Waals surface area contributed by atoms with Gasteiger partial charge in [-0.05, 0) is 18.2 Å². The summed E-state index contributed by atoms with van der Waals surface area (Å²) in [5.41, 5.74) is 0.797. The first kappa shape index (κ1) is 10.5. The maximum absolute atomic E-state index is 10.5. The Morgan fingerprint density at radius 3 is 2.92 bits per heavy atom. The van der Waals surface area contributed by atoms with E-state index in [9.17, 15) is 4.79 Å². The molecule has 70 valence electrons. The van der Waals surface area contributed by atoms with Crippen LogP contribution in [0.2, 0.25) is 5.02 Å². The molecule has 2 nitrogen and oxygen atoms in total. The summed E-state index contributed by atoms with van der Waals surface area (Å²) in [6, 6.07) is 5.41. The Hall–Kier alpha value is -0.540. The number of esters is 1. The third kappa shape index (κ3) is 3.36. The van der Waals surface area contributed by atoms with E-state index in [0.717, 1.165) is 10.0 Å². The minimum absolute atomic E-state index is 0.216. The van der Waals surface area contributed by atoms with Crippen LogP contribution in [0.4, 0.5) is 0 Å². The van der Waals surface area contributed by atoms with Gasteiger partial charge in [0.25, 0.3) is 0 Å². The Morgan fingerprint density at radius 1 is 1.62 bits per heavy atom. The summed E-state index contributed by atoms with van der Waals surface area (Å²) in [6.45, 7) is 1.58. The summed E-state index contributed by atoms with van der Waals surface area (Å²) >= 11 is 9.17. The molecule has 0 spiro atoms. The van der Waals surface area contributed by atoms with E-state index < -0.39 is 0 Å². The predicted octanol–water partition coefficient (Wildman–Crippen LogP) is 3.17. The number of carbonyl (C=O) groups is 1. The molecule has 0 radical (unpaired) electrons. The Bertz CT molecular complexity index is 325. The van der Waals surface area contributed by atoms with Gasteiger partial charge in [0, 0.05) is 22.0 Å². The lowest BCUT2D eigenvalue weighted by Gasteiger charge is -2.04. The fraction of sp³-hybridized carbons (Fsp3) is 0.222. The van der Waals surface area contributed by atoms with E-state index in [-0.39, 0.29) is 12.6 Å². The smallest absolute Gasteiger partial charge is 0.302 e. The van der Waals surface area contributed by atoms with Crippen LogP contribution in [-0.2, 0) is 16.1 Å². The molecule has 0 bridgehead atoms. The van der Waals surface area contributed by atoms with Crippen LogP contribution in [0.15, 0.2) is 22.7 Å². The largest absolute Gasteiger partial charge is 0.461 e. The fourth-order valence-electron chi connectivity index (χ4n) is 0.833. The number of carbonyl (C=O) groups excluding carboxylic acids is 1. The Labute approximate surface area is 90.0 Å². The van der Waals surface area contributed by atoms with E-state index >= 15 is 0 Å². The van der Waals surface area contributed by atoms with Crippen LogP contribution in [0, 0.1) is 0 Å². The molecule has 13 heavy (non-hydrogen) atoms. The van der Waals surface area contributed by atoms with E-state index in [2.05, 4.69) is 15.9 Å². The minimum atomic E-state index is -0.309. The van der Waals surface area contributed by atoms with Crippen LogP contribution in [0.1, 0.15) is 12.5 Å². The molecular weight excluding hydrogens is 255 g/mol. The van der Waals surface area contributed by atoms with Crippen molar-refractivity contribution < 1.29 is 9.53 Å². The molecule has 1 aromatic carbocycles. The molecule has 0 atom stereocenters. The zero-order valence-electron chi connectivity index (χ0n) is 7.01. The first-order valence-electron chi connectivity index (χ1n) is 3.67. The first-order chi connectivity index (χ1) is 6.09. The zero-order valence-corrected chi connectivity index (χ0v) is 9.35. The van der Waals surface area contributed by atoms with Gasteiger partial charge in [-0.15, -0.1) is 0 Å². The van der Waals surface area contributed by atoms with Crippen molar-refractivity contribution in [2.24, 2.45) is 0 Å². The van der Waals surface area contributed by atoms with Crippen LogP contribution < -0.4 is 0 Å². The van der Waals surface area contributed by atoms with Gasteiger partial charge in [-0.2, -0.15) is 0 Å². The van der Waals surface area contributed by atoms with Crippen molar-refractivity contribution in [1.29, 1.82) is 0 Å². The fourth-order valence-corrected chi connectivity index (χ4v) is 1.41. The number of rotatable bonds is 2. The Morgan fingerprint density at radius 2 is 2.31 bits per heavy atom. The normalized spacial score (nSPS) is 9.77. The molecule has 0 saturated carbocycles. The molecule has 0 heterocycles. The minimum Gasteiger partial charge on any atom is -0.461 e. The van der Waals surface area contributed by atoms with E-state index in [1.807, 2.05) is 12.1 Å². The van der Waals surface area contributed by atoms with Crippen molar-refractivity contribution in [2.45, 2.75) is 13.5 Å². The molecule has 1 rings (SSSR count). The summed E-state index contributed by atoms with van der Waals surface area (Å²) in [4.78, 5) is 10.5. The quantitative estimate of drug-likeness (QED) is 0.766. The SMILES string of the molecule is CC(=O)OCc1cc(Br)ccc1Cl. The second-order valence-electron chi connectivity index (χ2n) is 2.52. The third-order valence-corrected chi connectivity index (χ3v) is 2.30. The van der Waals surface area contributed by atoms with Crippen molar-refractivity contribution in [3.63, 3.8) is 0 Å². The summed E-state index contributed by atoms with van der Waals surface area (Å²) in [7, 11) is 0. The standard InChI is InChI=1S/C9H8BrClO2/c1-6(12)13-5-7-4-8(10)2-3-9(7)11/h2-4H,5H2,1H3. The Balaban J connectivity index is 2.75. The van der Waals surface area contributed by atoms with E-state index in [1.54, 1.807) is 6.07 Å². The topological polar surface area (TPSA) is 26.3 Å². The van der Waals surface area contributed by atoms with E-state index in [4.69, 9.17) is 16.3 Å². The summed E-state index contributed by atoms with van der Waals surface area (Å²) in [5.74, 6) is -0.309. The molecule has 0 aliphatic rings. The van der Waals surface area contributed by atoms with Crippen LogP contribution >= 0.6 is 27.5 Å². The monoisotopic (exact) mass is 262 g/mol. The molecule has 0 aromatic heterocycles. The molecular formula is C9H8BrClO2. The lowest BCUT2D eigenvalue weighted by molar-refractivity contribution is -0.142. The molecule has 0 N–H and O–H groups in total. The van der Waals surface area contributed by atoms with Crippen LogP contribution in [0.5, 0.6) is 0 Å². The van der Waals surface area contributed by atoms with Gasteiger partial charge in [-0.1, -0.05) is 27.5 Å². The molecule has 0 amide bonds. The number of ether oxygens (including phenoxy) is 1. The third-order valence-electron chi connectivity index (χ3n) is 1.44. The highest BCUT2D eigenvalue weighted by atomic mass is 79.9. The van der Waals surface area contributed by atoms with E-state index in [0.29, 0.717) is 5.02 Å². The lowest BCUT2D eigenvalue weighted by Crippen LogP contribution is -1.99. The highest BCUT2D eigenvalue weighted by Gasteiger charge is 2.02. The van der Waals surface area contributed by atoms with Crippen molar-refractivity contribution >= 4 is 33.5 Å². The van der Waals surface area contributed by atoms with Crippen LogP contribution in [0.25, 0.3) is 0 Å². The highest BCUT2D eigenvalue weighted by molar-refractivity contribution is 9.10. The molecule has 0 aliphatic heterocycles. The lowest BCUT2D eigenvalue weighted by atomic mass is 10.2. The van der Waals surface area contributed by atoms with Gasteiger partial charge in [0.1, 0.15) is 6.61 Å². The van der Waals surface area contributed by atoms with Crippen LogP contribution in [0.3, 0.4) is 0 Å². The molecule has 4 heteroatoms. The van der Waals surface area contributed by atoms with Gasteiger partial charge in [0.05, 0.1) is 0 Å². The number of benzene rings is 1.